The van der Waals surface area contributed by atoms with Gasteiger partial charge in [-0.05, 0) is 0 Å². The first-order valence-electron chi connectivity index (χ1n) is 5.67. The predicted molar refractivity (Wildman–Crippen MR) is 75.8 cm³/mol. The molecule has 0 atom stereocenters. The Balaban J connectivity index is 2.22. The van der Waals surface area contributed by atoms with Crippen molar-refractivity contribution >= 4 is 31.9 Å². The number of hydrogen-bond acceptors (Lipinski definition) is 4. The zero-order valence-corrected chi connectivity index (χ0v) is 13.1. The van der Waals surface area contributed by atoms with E-state index in [1.165, 1.54) is 11.3 Å². The molecule has 0 aliphatic rings. The molecule has 0 aliphatic heterocycles. The third-order valence-electron chi connectivity index (χ3n) is 2.29. The van der Waals surface area contributed by atoms with Gasteiger partial charge in [0.25, 0.3) is 0 Å². The summed E-state index contributed by atoms with van der Waals surface area (Å²) in [7, 11) is 1.64. The van der Waals surface area contributed by atoms with Crippen LogP contribution in [0.5, 0.6) is 5.75 Å². The molecule has 100 valence electrons. The van der Waals surface area contributed by atoms with Gasteiger partial charge in [0.05, 0.1) is 0 Å². The molecule has 0 saturated carbocycles. The predicted octanol–water partition coefficient (Wildman–Crippen LogP) is 2.54. The fraction of sp³-hybridized carbons (Fsp3) is 0.231. The SMILES string of the molecule is CCOC(=O)/N=c1/sc(-c2ccc(OC)cc2)c[se]1. The number of ether oxygens (including phenoxy) is 2. The van der Waals surface area contributed by atoms with Crippen LogP contribution in [0.2, 0.25) is 0 Å². The molecule has 0 unspecified atom stereocenters. The monoisotopic (exact) mass is 343 g/mol. The average molecular weight is 342 g/mol. The van der Waals surface area contributed by atoms with E-state index in [1.54, 1.807) is 14.0 Å². The summed E-state index contributed by atoms with van der Waals surface area (Å²) < 4.78 is 10.8. The molecule has 1 aromatic carbocycles. The van der Waals surface area contributed by atoms with E-state index in [4.69, 9.17) is 9.47 Å². The molecule has 1 amide bonds. The first-order valence-corrected chi connectivity index (χ1v) is 8.33. The van der Waals surface area contributed by atoms with E-state index in [1.807, 2.05) is 24.3 Å². The molecule has 0 spiro atoms. The van der Waals surface area contributed by atoms with Crippen LogP contribution in [-0.2, 0) is 4.74 Å². The van der Waals surface area contributed by atoms with Crippen LogP contribution < -0.4 is 8.28 Å². The Morgan fingerprint density at radius 2 is 2.11 bits per heavy atom. The Morgan fingerprint density at radius 1 is 1.37 bits per heavy atom. The Hall–Kier alpha value is -1.36. The summed E-state index contributed by atoms with van der Waals surface area (Å²) in [6, 6.07) is 7.84. The standard InChI is InChI=1S/C13H13NO3SSe/c1-3-17-12(15)14-13-18-11(8-19-13)9-4-6-10(16-2)7-5-9/h4-8H,3H2,1-2H3/b14-13-. The fourth-order valence-corrected chi connectivity index (χ4v) is 4.73. The van der Waals surface area contributed by atoms with Crippen LogP contribution >= 0.6 is 11.3 Å². The minimum absolute atomic E-state index is 0.104. The Bertz CT molecular complexity index is 615. The van der Waals surface area contributed by atoms with E-state index in [0.29, 0.717) is 6.61 Å². The second-order valence-corrected chi connectivity index (χ2v) is 6.92. The van der Waals surface area contributed by atoms with Gasteiger partial charge in [0, 0.05) is 0 Å². The summed E-state index contributed by atoms with van der Waals surface area (Å²) in [5.74, 6) is 0.832. The molecule has 0 bridgehead atoms. The van der Waals surface area contributed by atoms with Crippen LogP contribution in [0.4, 0.5) is 4.79 Å². The zero-order chi connectivity index (χ0) is 13.7. The van der Waals surface area contributed by atoms with Crippen molar-refractivity contribution < 1.29 is 14.3 Å². The van der Waals surface area contributed by atoms with Gasteiger partial charge in [-0.3, -0.25) is 0 Å². The van der Waals surface area contributed by atoms with E-state index in [0.717, 1.165) is 19.7 Å². The van der Waals surface area contributed by atoms with Crippen LogP contribution in [0.15, 0.2) is 34.2 Å². The van der Waals surface area contributed by atoms with Crippen LogP contribution in [-0.4, -0.2) is 34.3 Å². The third-order valence-corrected chi connectivity index (χ3v) is 5.85. The van der Waals surface area contributed by atoms with Crippen molar-refractivity contribution in [1.29, 1.82) is 0 Å². The zero-order valence-electron chi connectivity index (χ0n) is 10.6. The Kier molecular flexibility index (Phi) is 4.96. The topological polar surface area (TPSA) is 47.9 Å². The number of carbonyl (C=O) groups excluding carboxylic acids is 1. The van der Waals surface area contributed by atoms with Gasteiger partial charge in [0.15, 0.2) is 0 Å². The number of methoxy groups -OCH3 is 1. The molecular formula is C13H13NO3SSe. The van der Waals surface area contributed by atoms with E-state index in [9.17, 15) is 4.79 Å². The van der Waals surface area contributed by atoms with Crippen molar-refractivity contribution in [2.45, 2.75) is 6.92 Å². The molecule has 0 saturated heterocycles. The summed E-state index contributed by atoms with van der Waals surface area (Å²) >= 11 is 1.63. The quantitative estimate of drug-likeness (QED) is 0.806. The molecule has 19 heavy (non-hydrogen) atoms. The normalized spacial score (nSPS) is 11.4. The van der Waals surface area contributed by atoms with Crippen LogP contribution in [0.3, 0.4) is 0 Å². The van der Waals surface area contributed by atoms with Crippen LogP contribution in [0.25, 0.3) is 10.4 Å². The number of carbonyl (C=O) groups is 1. The second kappa shape index (κ2) is 6.70. The molecule has 0 radical (unpaired) electrons. The molecule has 2 rings (SSSR count). The van der Waals surface area contributed by atoms with E-state index >= 15 is 0 Å². The Labute approximate surface area is 121 Å². The van der Waals surface area contributed by atoms with E-state index in [2.05, 4.69) is 9.93 Å². The second-order valence-electron chi connectivity index (χ2n) is 3.51. The van der Waals surface area contributed by atoms with Gasteiger partial charge >= 0.3 is 121 Å². The first kappa shape index (κ1) is 14.1. The summed E-state index contributed by atoms with van der Waals surface area (Å²) in [5.41, 5.74) is 1.11. The van der Waals surface area contributed by atoms with Crippen molar-refractivity contribution in [2.75, 3.05) is 13.7 Å². The first-order chi connectivity index (χ1) is 9.22. The molecule has 0 N–H and O–H groups in total. The summed E-state index contributed by atoms with van der Waals surface area (Å²) in [4.78, 5) is 18.5. The van der Waals surface area contributed by atoms with Crippen LogP contribution in [0, 0.1) is 0 Å². The Morgan fingerprint density at radius 3 is 2.74 bits per heavy atom. The molecule has 6 heteroatoms. The van der Waals surface area contributed by atoms with Gasteiger partial charge in [0.1, 0.15) is 0 Å². The molecule has 1 aromatic heterocycles. The van der Waals surface area contributed by atoms with Gasteiger partial charge in [-0.15, -0.1) is 0 Å². The summed E-state index contributed by atoms with van der Waals surface area (Å²) in [6.45, 7) is 2.12. The molecule has 0 aliphatic carbocycles. The van der Waals surface area contributed by atoms with Crippen LogP contribution in [0.1, 0.15) is 6.92 Å². The fourth-order valence-electron chi connectivity index (χ4n) is 1.41. The van der Waals surface area contributed by atoms with Crippen molar-refractivity contribution in [2.24, 2.45) is 4.99 Å². The molecule has 4 nitrogen and oxygen atoms in total. The van der Waals surface area contributed by atoms with Crippen molar-refractivity contribution in [3.05, 3.63) is 32.8 Å². The number of benzene rings is 1. The maximum atomic E-state index is 11.3. The van der Waals surface area contributed by atoms with Gasteiger partial charge in [-0.25, -0.2) is 0 Å². The number of amides is 1. The third kappa shape index (κ3) is 3.80. The molecular weight excluding hydrogens is 329 g/mol. The number of hydrogen-bond donors (Lipinski definition) is 0. The molecule has 0 fully saturated rings. The molecule has 1 heterocycles. The summed E-state index contributed by atoms with van der Waals surface area (Å²) in [5, 5.41) is 0. The van der Waals surface area contributed by atoms with E-state index < -0.39 is 6.09 Å². The number of nitrogens with zero attached hydrogens (tertiary/aromatic N) is 1. The van der Waals surface area contributed by atoms with Crippen molar-refractivity contribution in [3.63, 3.8) is 0 Å². The summed E-state index contributed by atoms with van der Waals surface area (Å²) in [6.07, 6.45) is -0.503. The van der Waals surface area contributed by atoms with Gasteiger partial charge < -0.3 is 0 Å². The van der Waals surface area contributed by atoms with Gasteiger partial charge in [-0.2, -0.15) is 0 Å². The van der Waals surface area contributed by atoms with Crippen molar-refractivity contribution in [1.82, 2.24) is 0 Å². The van der Waals surface area contributed by atoms with Crippen molar-refractivity contribution in [3.8, 4) is 16.2 Å². The average Bonchev–Trinajstić information content (AvgIpc) is 2.87. The number of rotatable bonds is 3. The van der Waals surface area contributed by atoms with E-state index in [-0.39, 0.29) is 14.5 Å². The maximum absolute atomic E-state index is 11.3. The van der Waals surface area contributed by atoms with Gasteiger partial charge in [0.2, 0.25) is 0 Å². The molecule has 2 aromatic rings. The van der Waals surface area contributed by atoms with Gasteiger partial charge in [-0.1, -0.05) is 0 Å². The minimum atomic E-state index is -0.503.